The molecule has 0 aliphatic rings. The second kappa shape index (κ2) is 9.35. The van der Waals surface area contributed by atoms with Crippen LogP contribution in [0.3, 0.4) is 0 Å². The minimum absolute atomic E-state index is 0.0363. The van der Waals surface area contributed by atoms with Crippen LogP contribution in [0.25, 0.3) is 0 Å². The summed E-state index contributed by atoms with van der Waals surface area (Å²) in [5, 5.41) is 2.97. The monoisotopic (exact) mass is 385 g/mol. The largest absolute Gasteiger partial charge is 0.487 e. The Bertz CT molecular complexity index is 773. The Hall–Kier alpha value is -2.38. The molecular weight excluding hydrogens is 368 g/mol. The van der Waals surface area contributed by atoms with Crippen LogP contribution in [0, 0.1) is 11.6 Å². The Kier molecular flexibility index (Phi) is 7.17. The molecule has 0 aromatic heterocycles. The smallest absolute Gasteiger partial charge is 0.265 e. The van der Waals surface area contributed by atoms with Gasteiger partial charge in [0.05, 0.1) is 17.3 Å². The number of anilines is 1. The van der Waals surface area contributed by atoms with Gasteiger partial charge in [0.2, 0.25) is 0 Å². The number of hydrogen-bond donors (Lipinski definition) is 1. The fourth-order valence-electron chi connectivity index (χ4n) is 2.02. The summed E-state index contributed by atoms with van der Waals surface area (Å²) >= 11 is 6.11. The van der Waals surface area contributed by atoms with E-state index in [0.717, 1.165) is 12.1 Å². The zero-order valence-corrected chi connectivity index (χ0v) is 15.0. The highest BCUT2D eigenvalue weighted by molar-refractivity contribution is 6.32. The SMILES string of the molecule is COCCOc1c(Cl)cccc1NC(=O)C(C)Oc1ccc(F)c(F)c1. The number of methoxy groups -OCH3 is 1. The lowest BCUT2D eigenvalue weighted by molar-refractivity contribution is -0.122. The van der Waals surface area contributed by atoms with Crippen LogP contribution in [0.4, 0.5) is 14.5 Å². The molecule has 0 aliphatic heterocycles. The second-order valence-corrected chi connectivity index (χ2v) is 5.69. The molecule has 1 atom stereocenters. The number of carbonyl (C=O) groups is 1. The summed E-state index contributed by atoms with van der Waals surface area (Å²) in [5.74, 6) is -2.22. The van der Waals surface area contributed by atoms with Crippen molar-refractivity contribution in [3.05, 3.63) is 53.1 Å². The summed E-state index contributed by atoms with van der Waals surface area (Å²) in [6.45, 7) is 2.09. The molecule has 1 N–H and O–H groups in total. The van der Waals surface area contributed by atoms with Gasteiger partial charge in [-0.05, 0) is 31.2 Å². The lowest BCUT2D eigenvalue weighted by atomic mass is 10.2. The molecule has 0 bridgehead atoms. The summed E-state index contributed by atoms with van der Waals surface area (Å²) < 4.78 is 42.0. The van der Waals surface area contributed by atoms with E-state index in [2.05, 4.69) is 5.32 Å². The second-order valence-electron chi connectivity index (χ2n) is 5.28. The molecule has 0 fully saturated rings. The fourth-order valence-corrected chi connectivity index (χ4v) is 2.25. The molecule has 0 saturated carbocycles. The van der Waals surface area contributed by atoms with Crippen molar-refractivity contribution in [1.29, 1.82) is 0 Å². The molecule has 1 unspecified atom stereocenters. The van der Waals surface area contributed by atoms with E-state index < -0.39 is 23.6 Å². The average Bonchev–Trinajstić information content (AvgIpc) is 2.60. The maximum atomic E-state index is 13.2. The van der Waals surface area contributed by atoms with Crippen LogP contribution in [0.15, 0.2) is 36.4 Å². The molecule has 0 spiro atoms. The summed E-state index contributed by atoms with van der Waals surface area (Å²) in [7, 11) is 1.54. The minimum atomic E-state index is -1.06. The third kappa shape index (κ3) is 5.31. The van der Waals surface area contributed by atoms with Crippen molar-refractivity contribution in [2.24, 2.45) is 0 Å². The summed E-state index contributed by atoms with van der Waals surface area (Å²) in [6, 6.07) is 7.94. The molecule has 2 aromatic carbocycles. The van der Waals surface area contributed by atoms with Gasteiger partial charge in [0, 0.05) is 13.2 Å². The van der Waals surface area contributed by atoms with E-state index >= 15 is 0 Å². The van der Waals surface area contributed by atoms with Gasteiger partial charge in [-0.25, -0.2) is 8.78 Å². The highest BCUT2D eigenvalue weighted by Gasteiger charge is 2.18. The topological polar surface area (TPSA) is 56.8 Å². The molecule has 0 heterocycles. The first-order valence-electron chi connectivity index (χ1n) is 7.75. The number of amides is 1. The minimum Gasteiger partial charge on any atom is -0.487 e. The number of benzene rings is 2. The van der Waals surface area contributed by atoms with Crippen molar-refractivity contribution in [2.45, 2.75) is 13.0 Å². The molecular formula is C18H18ClF2NO4. The van der Waals surface area contributed by atoms with Gasteiger partial charge in [-0.15, -0.1) is 0 Å². The number of ether oxygens (including phenoxy) is 3. The van der Waals surface area contributed by atoms with E-state index in [1.807, 2.05) is 0 Å². The lowest BCUT2D eigenvalue weighted by Crippen LogP contribution is -2.30. The molecule has 140 valence electrons. The van der Waals surface area contributed by atoms with E-state index in [-0.39, 0.29) is 12.4 Å². The Labute approximate surface area is 154 Å². The number of nitrogens with one attached hydrogen (secondary N) is 1. The third-order valence-corrected chi connectivity index (χ3v) is 3.63. The van der Waals surface area contributed by atoms with Crippen LogP contribution in [0.2, 0.25) is 5.02 Å². The van der Waals surface area contributed by atoms with Gasteiger partial charge in [0.25, 0.3) is 5.91 Å². The molecule has 1 amide bonds. The Balaban J connectivity index is 2.06. The van der Waals surface area contributed by atoms with E-state index in [0.29, 0.717) is 23.1 Å². The van der Waals surface area contributed by atoms with Crippen LogP contribution in [-0.2, 0) is 9.53 Å². The average molecular weight is 386 g/mol. The van der Waals surface area contributed by atoms with Gasteiger partial charge < -0.3 is 19.5 Å². The number of para-hydroxylation sites is 1. The number of rotatable bonds is 8. The number of halogens is 3. The van der Waals surface area contributed by atoms with E-state index in [9.17, 15) is 13.6 Å². The molecule has 0 aliphatic carbocycles. The molecule has 26 heavy (non-hydrogen) atoms. The highest BCUT2D eigenvalue weighted by atomic mass is 35.5. The van der Waals surface area contributed by atoms with Crippen LogP contribution in [0.1, 0.15) is 6.92 Å². The lowest BCUT2D eigenvalue weighted by Gasteiger charge is -2.17. The molecule has 8 heteroatoms. The predicted octanol–water partition coefficient (Wildman–Crippen LogP) is 4.05. The Morgan fingerprint density at radius 1 is 1.19 bits per heavy atom. The maximum absolute atomic E-state index is 13.2. The van der Waals surface area contributed by atoms with Crippen molar-refractivity contribution in [2.75, 3.05) is 25.6 Å². The van der Waals surface area contributed by atoms with E-state index in [4.69, 9.17) is 25.8 Å². The van der Waals surface area contributed by atoms with Crippen LogP contribution in [-0.4, -0.2) is 32.3 Å². The zero-order chi connectivity index (χ0) is 19.1. The third-order valence-electron chi connectivity index (χ3n) is 3.33. The van der Waals surface area contributed by atoms with Gasteiger partial charge in [-0.3, -0.25) is 4.79 Å². The fraction of sp³-hybridized carbons (Fsp3) is 0.278. The predicted molar refractivity (Wildman–Crippen MR) is 93.9 cm³/mol. The molecule has 5 nitrogen and oxygen atoms in total. The van der Waals surface area contributed by atoms with Crippen molar-refractivity contribution in [1.82, 2.24) is 0 Å². The van der Waals surface area contributed by atoms with Gasteiger partial charge >= 0.3 is 0 Å². The van der Waals surface area contributed by atoms with Gasteiger partial charge in [0.1, 0.15) is 12.4 Å². The van der Waals surface area contributed by atoms with Gasteiger partial charge in [-0.1, -0.05) is 17.7 Å². The summed E-state index contributed by atoms with van der Waals surface area (Å²) in [4.78, 5) is 12.3. The van der Waals surface area contributed by atoms with Crippen molar-refractivity contribution in [3.63, 3.8) is 0 Å². The molecule has 0 saturated heterocycles. The quantitative estimate of drug-likeness (QED) is 0.696. The van der Waals surface area contributed by atoms with Gasteiger partial charge in [-0.2, -0.15) is 0 Å². The first-order chi connectivity index (χ1) is 12.4. The summed E-state index contributed by atoms with van der Waals surface area (Å²) in [5.41, 5.74) is 0.360. The maximum Gasteiger partial charge on any atom is 0.265 e. The van der Waals surface area contributed by atoms with Crippen molar-refractivity contribution >= 4 is 23.2 Å². The van der Waals surface area contributed by atoms with Crippen LogP contribution in [0.5, 0.6) is 11.5 Å². The number of hydrogen-bond acceptors (Lipinski definition) is 4. The van der Waals surface area contributed by atoms with Crippen molar-refractivity contribution < 1.29 is 27.8 Å². The normalized spacial score (nSPS) is 11.7. The zero-order valence-electron chi connectivity index (χ0n) is 14.2. The molecule has 0 radical (unpaired) electrons. The Morgan fingerprint density at radius 2 is 1.96 bits per heavy atom. The van der Waals surface area contributed by atoms with E-state index in [1.165, 1.54) is 20.1 Å². The summed E-state index contributed by atoms with van der Waals surface area (Å²) in [6.07, 6.45) is -0.967. The molecule has 2 aromatic rings. The first kappa shape index (κ1) is 19.9. The van der Waals surface area contributed by atoms with Gasteiger partial charge in [0.15, 0.2) is 23.5 Å². The molecule has 2 rings (SSSR count). The first-order valence-corrected chi connectivity index (χ1v) is 8.13. The van der Waals surface area contributed by atoms with E-state index in [1.54, 1.807) is 18.2 Å². The van der Waals surface area contributed by atoms with Crippen LogP contribution < -0.4 is 14.8 Å². The Morgan fingerprint density at radius 3 is 2.65 bits per heavy atom. The standard InChI is InChI=1S/C18H18ClF2NO4/c1-11(26-12-6-7-14(20)15(21)10-12)18(23)22-16-5-3-4-13(19)17(16)25-9-8-24-2/h3-7,10-11H,8-9H2,1-2H3,(H,22,23). The highest BCUT2D eigenvalue weighted by Crippen LogP contribution is 2.33. The number of carbonyl (C=O) groups excluding carboxylic acids is 1. The van der Waals surface area contributed by atoms with Crippen LogP contribution >= 0.6 is 11.6 Å². The van der Waals surface area contributed by atoms with Crippen molar-refractivity contribution in [3.8, 4) is 11.5 Å².